The number of carbonyl (C=O) groups is 1. The van der Waals surface area contributed by atoms with Gasteiger partial charge < -0.3 is 15.0 Å². The van der Waals surface area contributed by atoms with E-state index in [1.807, 2.05) is 63.2 Å². The van der Waals surface area contributed by atoms with Crippen LogP contribution in [0, 0.1) is 0 Å². The second-order valence-corrected chi connectivity index (χ2v) is 12.3. The van der Waals surface area contributed by atoms with Gasteiger partial charge in [0.05, 0.1) is 4.90 Å². The maximum Gasteiger partial charge on any atom is 0.407 e. The normalized spacial score (nSPS) is 12.1. The van der Waals surface area contributed by atoms with Crippen LogP contribution in [0.5, 0.6) is 0 Å². The zero-order valence-corrected chi connectivity index (χ0v) is 23.8. The number of nitrogens with one attached hydrogen (secondary N) is 2. The lowest BCUT2D eigenvalue weighted by atomic mass is 10.1. The highest BCUT2D eigenvalue weighted by molar-refractivity contribution is 7.89. The molecule has 3 aromatic carbocycles. The van der Waals surface area contributed by atoms with E-state index < -0.39 is 21.7 Å². The highest BCUT2D eigenvalue weighted by Gasteiger charge is 2.16. The van der Waals surface area contributed by atoms with E-state index in [2.05, 4.69) is 34.0 Å². The average Bonchev–Trinajstić information content (AvgIpc) is 2.87. The van der Waals surface area contributed by atoms with Crippen molar-refractivity contribution in [2.45, 2.75) is 64.0 Å². The molecule has 0 aliphatic rings. The van der Waals surface area contributed by atoms with Gasteiger partial charge in [-0.25, -0.2) is 17.9 Å². The number of benzene rings is 3. The fraction of sp³-hybridized carbons (Fsp3) is 0.433. The van der Waals surface area contributed by atoms with Gasteiger partial charge in [0.25, 0.3) is 0 Å². The summed E-state index contributed by atoms with van der Waals surface area (Å²) in [6.07, 6.45) is 2.50. The fourth-order valence-electron chi connectivity index (χ4n) is 4.23. The van der Waals surface area contributed by atoms with Crippen molar-refractivity contribution in [1.82, 2.24) is 14.9 Å². The van der Waals surface area contributed by atoms with E-state index in [1.165, 1.54) is 5.56 Å². The van der Waals surface area contributed by atoms with Crippen molar-refractivity contribution in [1.29, 1.82) is 0 Å². The first-order valence-electron chi connectivity index (χ1n) is 13.3. The molecule has 0 heterocycles. The number of alkyl carbamates (subject to hydrolysis) is 1. The summed E-state index contributed by atoms with van der Waals surface area (Å²) in [7, 11) is -3.56. The molecule has 0 aliphatic heterocycles. The smallest absolute Gasteiger partial charge is 0.407 e. The molecule has 0 fully saturated rings. The topological polar surface area (TPSA) is 87.7 Å². The van der Waals surface area contributed by atoms with E-state index in [1.54, 1.807) is 12.1 Å². The molecule has 0 aromatic heterocycles. The van der Waals surface area contributed by atoms with Crippen molar-refractivity contribution in [3.05, 3.63) is 77.9 Å². The Morgan fingerprint density at radius 3 is 2.26 bits per heavy atom. The summed E-state index contributed by atoms with van der Waals surface area (Å²) < 4.78 is 33.7. The third-order valence-electron chi connectivity index (χ3n) is 6.09. The minimum Gasteiger partial charge on any atom is -0.444 e. The third-order valence-corrected chi connectivity index (χ3v) is 7.55. The lowest BCUT2D eigenvalue weighted by molar-refractivity contribution is 0.0523. The monoisotopic (exact) mass is 539 g/mol. The first-order chi connectivity index (χ1) is 18.1. The van der Waals surface area contributed by atoms with Crippen molar-refractivity contribution in [3.8, 4) is 0 Å². The Balaban J connectivity index is 1.42. The van der Waals surface area contributed by atoms with Gasteiger partial charge in [0.2, 0.25) is 10.0 Å². The van der Waals surface area contributed by atoms with Crippen LogP contribution in [0.3, 0.4) is 0 Å². The number of fused-ring (bicyclic) bond motifs is 1. The summed E-state index contributed by atoms with van der Waals surface area (Å²) in [5, 5.41) is 4.71. The maximum atomic E-state index is 12.8. The van der Waals surface area contributed by atoms with Gasteiger partial charge in [-0.15, -0.1) is 0 Å². The SMILES string of the molecule is CCCN(CCCc1ccc(CNC(=O)OC(C)(C)C)cc1)CCNS(=O)(=O)c1ccc2ccccc2c1. The van der Waals surface area contributed by atoms with Gasteiger partial charge in [0.15, 0.2) is 0 Å². The van der Waals surface area contributed by atoms with Crippen LogP contribution in [0.25, 0.3) is 10.8 Å². The standard InChI is InChI=1S/C30H41N3O4S/c1-5-19-33(21-18-32-38(35,36)28-17-16-26-10-6-7-11-27(26)22-28)20-8-9-24-12-14-25(15-13-24)23-31-29(34)37-30(2,3)4/h6-7,10-17,22,32H,5,8-9,18-21,23H2,1-4H3,(H,31,34). The van der Waals surface area contributed by atoms with E-state index in [4.69, 9.17) is 4.74 Å². The van der Waals surface area contributed by atoms with E-state index in [0.717, 1.165) is 48.7 Å². The van der Waals surface area contributed by atoms with E-state index >= 15 is 0 Å². The molecule has 3 rings (SSSR count). The molecule has 3 aromatic rings. The van der Waals surface area contributed by atoms with Crippen molar-refractivity contribution in [3.63, 3.8) is 0 Å². The minimum atomic E-state index is -3.56. The minimum absolute atomic E-state index is 0.294. The molecular weight excluding hydrogens is 498 g/mol. The van der Waals surface area contributed by atoms with Gasteiger partial charge in [-0.05, 0) is 87.2 Å². The quantitative estimate of drug-likeness (QED) is 0.300. The number of nitrogens with zero attached hydrogens (tertiary/aromatic N) is 1. The molecule has 7 nitrogen and oxygen atoms in total. The van der Waals surface area contributed by atoms with Gasteiger partial charge in [0, 0.05) is 19.6 Å². The van der Waals surface area contributed by atoms with Gasteiger partial charge in [-0.3, -0.25) is 0 Å². The molecular formula is C30H41N3O4S. The predicted molar refractivity (Wildman–Crippen MR) is 154 cm³/mol. The number of hydrogen-bond donors (Lipinski definition) is 2. The largest absolute Gasteiger partial charge is 0.444 e. The predicted octanol–water partition coefficient (Wildman–Crippen LogP) is 5.49. The van der Waals surface area contributed by atoms with Crippen LogP contribution in [-0.4, -0.2) is 51.2 Å². The molecule has 0 aliphatic carbocycles. The molecule has 0 spiro atoms. The molecule has 8 heteroatoms. The Labute approximate surface area is 227 Å². The highest BCUT2D eigenvalue weighted by Crippen LogP contribution is 2.18. The van der Waals surface area contributed by atoms with Crippen LogP contribution in [0.2, 0.25) is 0 Å². The molecule has 1 amide bonds. The number of ether oxygens (including phenoxy) is 1. The number of sulfonamides is 1. The van der Waals surface area contributed by atoms with Gasteiger partial charge in [0.1, 0.15) is 5.60 Å². The van der Waals surface area contributed by atoms with Crippen LogP contribution in [0.1, 0.15) is 51.7 Å². The van der Waals surface area contributed by atoms with Crippen LogP contribution < -0.4 is 10.0 Å². The van der Waals surface area contributed by atoms with Gasteiger partial charge in [-0.1, -0.05) is 61.5 Å². The lowest BCUT2D eigenvalue weighted by Crippen LogP contribution is -2.36. The molecule has 0 saturated carbocycles. The fourth-order valence-corrected chi connectivity index (χ4v) is 5.28. The molecule has 0 unspecified atom stereocenters. The Bertz CT molecular complexity index is 1280. The molecule has 0 saturated heterocycles. The molecule has 38 heavy (non-hydrogen) atoms. The average molecular weight is 540 g/mol. The molecule has 0 atom stereocenters. The third kappa shape index (κ3) is 9.74. The number of amides is 1. The van der Waals surface area contributed by atoms with E-state index in [0.29, 0.717) is 24.5 Å². The zero-order valence-electron chi connectivity index (χ0n) is 23.0. The lowest BCUT2D eigenvalue weighted by Gasteiger charge is -2.22. The Morgan fingerprint density at radius 2 is 1.58 bits per heavy atom. The Morgan fingerprint density at radius 1 is 0.895 bits per heavy atom. The van der Waals surface area contributed by atoms with Crippen LogP contribution >= 0.6 is 0 Å². The summed E-state index contributed by atoms with van der Waals surface area (Å²) in [5.41, 5.74) is 1.74. The molecule has 2 N–H and O–H groups in total. The maximum absolute atomic E-state index is 12.8. The first kappa shape index (κ1) is 29.6. The van der Waals surface area contributed by atoms with Crippen molar-refractivity contribution >= 4 is 26.9 Å². The highest BCUT2D eigenvalue weighted by atomic mass is 32.2. The zero-order chi connectivity index (χ0) is 27.6. The Kier molecular flexibility index (Phi) is 10.7. The molecule has 0 radical (unpaired) electrons. The van der Waals surface area contributed by atoms with Gasteiger partial charge >= 0.3 is 6.09 Å². The number of carbonyl (C=O) groups excluding carboxylic acids is 1. The number of aryl methyl sites for hydroxylation is 1. The van der Waals surface area contributed by atoms with Crippen molar-refractivity contribution in [2.75, 3.05) is 26.2 Å². The van der Waals surface area contributed by atoms with Crippen molar-refractivity contribution in [2.24, 2.45) is 0 Å². The van der Waals surface area contributed by atoms with Crippen LogP contribution in [-0.2, 0) is 27.7 Å². The van der Waals surface area contributed by atoms with E-state index in [-0.39, 0.29) is 0 Å². The molecule has 206 valence electrons. The number of hydrogen-bond acceptors (Lipinski definition) is 5. The molecule has 0 bridgehead atoms. The summed E-state index contributed by atoms with van der Waals surface area (Å²) in [6, 6.07) is 21.2. The number of rotatable bonds is 13. The second-order valence-electron chi connectivity index (χ2n) is 10.5. The van der Waals surface area contributed by atoms with Crippen LogP contribution in [0.4, 0.5) is 4.79 Å². The first-order valence-corrected chi connectivity index (χ1v) is 14.8. The van der Waals surface area contributed by atoms with Gasteiger partial charge in [-0.2, -0.15) is 0 Å². The second kappa shape index (κ2) is 13.7. The summed E-state index contributed by atoms with van der Waals surface area (Å²) >= 11 is 0. The summed E-state index contributed by atoms with van der Waals surface area (Å²) in [5.74, 6) is 0. The Hall–Kier alpha value is -2.94. The van der Waals surface area contributed by atoms with E-state index in [9.17, 15) is 13.2 Å². The summed E-state index contributed by atoms with van der Waals surface area (Å²) in [6.45, 7) is 10.9. The van der Waals surface area contributed by atoms with Crippen LogP contribution in [0.15, 0.2) is 71.6 Å². The van der Waals surface area contributed by atoms with Crippen molar-refractivity contribution < 1.29 is 17.9 Å². The summed E-state index contributed by atoms with van der Waals surface area (Å²) in [4.78, 5) is 14.4.